The molecule has 0 aromatic carbocycles. The van der Waals surface area contributed by atoms with Crippen molar-refractivity contribution in [1.29, 1.82) is 0 Å². The summed E-state index contributed by atoms with van der Waals surface area (Å²) in [5.41, 5.74) is -0.301. The van der Waals surface area contributed by atoms with Gasteiger partial charge in [-0.15, -0.1) is 0 Å². The van der Waals surface area contributed by atoms with Crippen molar-refractivity contribution in [2.45, 2.75) is 32.4 Å². The lowest BCUT2D eigenvalue weighted by molar-refractivity contribution is -0.135. The zero-order valence-corrected chi connectivity index (χ0v) is 11.2. The van der Waals surface area contributed by atoms with Crippen molar-refractivity contribution in [2.24, 2.45) is 0 Å². The Labute approximate surface area is 111 Å². The van der Waals surface area contributed by atoms with E-state index in [1.54, 1.807) is 44.0 Å². The first kappa shape index (κ1) is 13.5. The van der Waals surface area contributed by atoms with Gasteiger partial charge in [0.1, 0.15) is 11.4 Å². The summed E-state index contributed by atoms with van der Waals surface area (Å²) in [6.07, 6.45) is 0.855. The highest BCUT2D eigenvalue weighted by Gasteiger charge is 2.42. The number of nitrogens with one attached hydrogen (secondary N) is 1. The zero-order chi connectivity index (χ0) is 14.2. The van der Waals surface area contributed by atoms with E-state index in [9.17, 15) is 14.7 Å². The van der Waals surface area contributed by atoms with Crippen LogP contribution in [0.25, 0.3) is 0 Å². The van der Waals surface area contributed by atoms with Crippen LogP contribution in [0.15, 0.2) is 18.3 Å². The lowest BCUT2D eigenvalue weighted by Gasteiger charge is -2.41. The number of hydrogen-bond acceptors (Lipinski definition) is 5. The summed E-state index contributed by atoms with van der Waals surface area (Å²) < 4.78 is 0. The number of amides is 2. The zero-order valence-electron chi connectivity index (χ0n) is 11.2. The van der Waals surface area contributed by atoms with Gasteiger partial charge in [-0.2, -0.15) is 0 Å². The van der Waals surface area contributed by atoms with Crippen molar-refractivity contribution in [3.05, 3.63) is 23.9 Å². The molecule has 1 fully saturated rings. The van der Waals surface area contributed by atoms with Crippen molar-refractivity contribution in [3.63, 3.8) is 0 Å². The number of aromatic nitrogens is 1. The van der Waals surface area contributed by atoms with Crippen molar-refractivity contribution in [2.75, 3.05) is 11.4 Å². The normalized spacial score (nSPS) is 20.1. The molecule has 6 nitrogen and oxygen atoms in total. The van der Waals surface area contributed by atoms with Gasteiger partial charge in [-0.05, 0) is 26.8 Å². The van der Waals surface area contributed by atoms with Crippen LogP contribution in [0.4, 0.5) is 5.82 Å². The van der Waals surface area contributed by atoms with Crippen LogP contribution in [0, 0.1) is 0 Å². The molecule has 0 spiro atoms. The Morgan fingerprint density at radius 1 is 1.47 bits per heavy atom. The van der Waals surface area contributed by atoms with E-state index in [1.807, 2.05) is 0 Å². The first-order valence-corrected chi connectivity index (χ1v) is 6.09. The molecular formula is C13H17N3O3. The predicted octanol–water partition coefficient (Wildman–Crippen LogP) is 0.376. The van der Waals surface area contributed by atoms with Crippen molar-refractivity contribution >= 4 is 17.6 Å². The highest BCUT2D eigenvalue weighted by molar-refractivity contribution is 6.06. The van der Waals surface area contributed by atoms with Gasteiger partial charge in [-0.3, -0.25) is 14.9 Å². The minimum Gasteiger partial charge on any atom is -0.389 e. The molecule has 1 saturated heterocycles. The third-order valence-electron chi connectivity index (χ3n) is 3.31. The molecule has 0 saturated carbocycles. The number of rotatable bonds is 2. The highest BCUT2D eigenvalue weighted by Crippen LogP contribution is 2.30. The fraction of sp³-hybridized carbons (Fsp3) is 0.462. The number of nitrogens with zero attached hydrogens (tertiary/aromatic N) is 2. The number of aliphatic hydroxyl groups is 1. The number of carbonyl (C=O) groups is 2. The molecule has 0 unspecified atom stereocenters. The SMILES string of the molecule is C[C@@H](O)c1cccnc1N1CC(=O)NC(=O)C1(C)C. The van der Waals surface area contributed by atoms with Gasteiger partial charge < -0.3 is 10.0 Å². The molecule has 1 aromatic rings. The molecule has 2 rings (SSSR count). The lowest BCUT2D eigenvalue weighted by Crippen LogP contribution is -2.64. The average Bonchev–Trinajstić information content (AvgIpc) is 2.34. The van der Waals surface area contributed by atoms with E-state index in [0.717, 1.165) is 0 Å². The number of aliphatic hydroxyl groups excluding tert-OH is 1. The lowest BCUT2D eigenvalue weighted by atomic mass is 9.97. The summed E-state index contributed by atoms with van der Waals surface area (Å²) in [7, 11) is 0. The second kappa shape index (κ2) is 4.62. The number of imide groups is 1. The molecule has 0 radical (unpaired) electrons. The minimum atomic E-state index is -0.897. The Morgan fingerprint density at radius 3 is 2.79 bits per heavy atom. The molecule has 102 valence electrons. The topological polar surface area (TPSA) is 82.5 Å². The van der Waals surface area contributed by atoms with Crippen LogP contribution in [0.2, 0.25) is 0 Å². The maximum Gasteiger partial charge on any atom is 0.251 e. The number of piperazine rings is 1. The minimum absolute atomic E-state index is 0.0372. The van der Waals surface area contributed by atoms with E-state index in [1.165, 1.54) is 0 Å². The summed E-state index contributed by atoms with van der Waals surface area (Å²) in [5, 5.41) is 12.1. The van der Waals surface area contributed by atoms with Crippen LogP contribution in [-0.2, 0) is 9.59 Å². The third kappa shape index (κ3) is 2.31. The summed E-state index contributed by atoms with van der Waals surface area (Å²) in [5.74, 6) is -0.275. The van der Waals surface area contributed by atoms with Crippen LogP contribution >= 0.6 is 0 Å². The summed E-state index contributed by atoms with van der Waals surface area (Å²) in [6, 6.07) is 3.45. The largest absolute Gasteiger partial charge is 0.389 e. The van der Waals surface area contributed by atoms with E-state index in [2.05, 4.69) is 10.3 Å². The Kier molecular flexibility index (Phi) is 3.28. The molecular weight excluding hydrogens is 246 g/mol. The van der Waals surface area contributed by atoms with Gasteiger partial charge >= 0.3 is 0 Å². The fourth-order valence-corrected chi connectivity index (χ4v) is 2.08. The first-order chi connectivity index (χ1) is 8.84. The second-order valence-electron chi connectivity index (χ2n) is 5.11. The summed E-state index contributed by atoms with van der Waals surface area (Å²) in [6.45, 7) is 5.10. The Bertz CT molecular complexity index is 526. The Morgan fingerprint density at radius 2 is 2.16 bits per heavy atom. The van der Waals surface area contributed by atoms with Crippen LogP contribution in [0.5, 0.6) is 0 Å². The molecule has 1 aliphatic heterocycles. The third-order valence-corrected chi connectivity index (χ3v) is 3.31. The molecule has 1 aliphatic rings. The van der Waals surface area contributed by atoms with Gasteiger partial charge in [0.25, 0.3) is 5.91 Å². The maximum atomic E-state index is 11.9. The van der Waals surface area contributed by atoms with Crippen molar-refractivity contribution in [3.8, 4) is 0 Å². The highest BCUT2D eigenvalue weighted by atomic mass is 16.3. The first-order valence-electron chi connectivity index (χ1n) is 6.09. The number of anilines is 1. The maximum absolute atomic E-state index is 11.9. The Hall–Kier alpha value is -1.95. The molecule has 0 bridgehead atoms. The van der Waals surface area contributed by atoms with Gasteiger partial charge in [0.15, 0.2) is 0 Å². The molecule has 0 aliphatic carbocycles. The smallest absolute Gasteiger partial charge is 0.251 e. The van der Waals surface area contributed by atoms with E-state index < -0.39 is 11.6 Å². The van der Waals surface area contributed by atoms with Crippen LogP contribution in [0.3, 0.4) is 0 Å². The number of hydrogen-bond donors (Lipinski definition) is 2. The van der Waals surface area contributed by atoms with Crippen LogP contribution < -0.4 is 10.2 Å². The molecule has 1 atom stereocenters. The van der Waals surface area contributed by atoms with Crippen molar-refractivity contribution in [1.82, 2.24) is 10.3 Å². The van der Waals surface area contributed by atoms with Gasteiger partial charge in [-0.1, -0.05) is 6.07 Å². The van der Waals surface area contributed by atoms with Gasteiger partial charge in [-0.25, -0.2) is 4.98 Å². The van der Waals surface area contributed by atoms with Crippen LogP contribution in [0.1, 0.15) is 32.4 Å². The quantitative estimate of drug-likeness (QED) is 0.754. The molecule has 19 heavy (non-hydrogen) atoms. The van der Waals surface area contributed by atoms with E-state index >= 15 is 0 Å². The van der Waals surface area contributed by atoms with E-state index in [4.69, 9.17) is 0 Å². The molecule has 1 aromatic heterocycles. The Balaban J connectivity index is 2.50. The van der Waals surface area contributed by atoms with Gasteiger partial charge in [0.05, 0.1) is 12.6 Å². The predicted molar refractivity (Wildman–Crippen MR) is 69.4 cm³/mol. The van der Waals surface area contributed by atoms with Crippen molar-refractivity contribution < 1.29 is 14.7 Å². The van der Waals surface area contributed by atoms with Gasteiger partial charge in [0, 0.05) is 11.8 Å². The standard InChI is InChI=1S/C13H17N3O3/c1-8(17)9-5-4-6-14-11(9)16-7-10(18)15-12(19)13(16,2)3/h4-6,8,17H,7H2,1-3H3,(H,15,18,19)/t8-/m1/s1. The molecule has 2 heterocycles. The molecule has 6 heteroatoms. The summed E-state index contributed by atoms with van der Waals surface area (Å²) >= 11 is 0. The fourth-order valence-electron chi connectivity index (χ4n) is 2.08. The van der Waals surface area contributed by atoms with E-state index in [-0.39, 0.29) is 18.4 Å². The average molecular weight is 263 g/mol. The molecule has 2 amide bonds. The van der Waals surface area contributed by atoms with Gasteiger partial charge in [0.2, 0.25) is 5.91 Å². The monoisotopic (exact) mass is 263 g/mol. The van der Waals surface area contributed by atoms with E-state index in [0.29, 0.717) is 11.4 Å². The number of carbonyl (C=O) groups excluding carboxylic acids is 2. The second-order valence-corrected chi connectivity index (χ2v) is 5.11. The number of pyridine rings is 1. The van der Waals surface area contributed by atoms with Crippen LogP contribution in [-0.4, -0.2) is 34.0 Å². The molecule has 2 N–H and O–H groups in total. The summed E-state index contributed by atoms with van der Waals surface area (Å²) in [4.78, 5) is 29.3.